The molecule has 0 unspecified atom stereocenters. The van der Waals surface area contributed by atoms with Gasteiger partial charge in [0.25, 0.3) is 0 Å². The predicted molar refractivity (Wildman–Crippen MR) is 125 cm³/mol. The zero-order valence-electron chi connectivity index (χ0n) is 19.5. The molecule has 0 spiro atoms. The summed E-state index contributed by atoms with van der Waals surface area (Å²) in [6.07, 6.45) is 25.8. The molecule has 0 rings (SSSR count). The Kier molecular flexibility index (Phi) is 34.8. The molecule has 0 aliphatic heterocycles. The van der Waals surface area contributed by atoms with Crippen molar-refractivity contribution in [2.75, 3.05) is 26.4 Å². The normalized spacial score (nSPS) is 10.8. The van der Waals surface area contributed by atoms with Gasteiger partial charge < -0.3 is 20.4 Å². The molecular weight excluding hydrogens is 364 g/mol. The maximum atomic E-state index is 8.59. The second kappa shape index (κ2) is 32.5. The van der Waals surface area contributed by atoms with Crippen molar-refractivity contribution in [1.29, 1.82) is 0 Å². The predicted octanol–water partition coefficient (Wildman–Crippen LogP) is 6.13. The van der Waals surface area contributed by atoms with Crippen LogP contribution in [-0.2, 0) is 0 Å². The average molecular weight is 419 g/mol. The first-order valence-electron chi connectivity index (χ1n) is 12.8. The summed E-state index contributed by atoms with van der Waals surface area (Å²) in [5.74, 6) is 0. The van der Waals surface area contributed by atoms with Crippen LogP contribution < -0.4 is 0 Å². The quantitative estimate of drug-likeness (QED) is 0.150. The third-order valence-corrected chi connectivity index (χ3v) is 5.38. The largest absolute Gasteiger partial charge is 0.396 e. The van der Waals surface area contributed by atoms with E-state index in [2.05, 4.69) is 0 Å². The molecule has 29 heavy (non-hydrogen) atoms. The standard InChI is InChI=1S/C13H28O2.C12H26O2/c14-12-10-8-6-4-2-1-3-5-7-9-11-13-15;13-11-9-7-5-3-1-2-4-6-8-10-12-14/h14-15H,1-13H2;13-14H,1-12H2. The summed E-state index contributed by atoms with van der Waals surface area (Å²) in [4.78, 5) is 0. The van der Waals surface area contributed by atoms with E-state index in [0.29, 0.717) is 26.4 Å². The van der Waals surface area contributed by atoms with Gasteiger partial charge in [-0.3, -0.25) is 0 Å². The first kappa shape index (κ1) is 31.0. The van der Waals surface area contributed by atoms with E-state index in [4.69, 9.17) is 20.4 Å². The van der Waals surface area contributed by atoms with Gasteiger partial charge in [0.1, 0.15) is 0 Å². The Morgan fingerprint density at radius 3 is 0.379 bits per heavy atom. The van der Waals surface area contributed by atoms with Gasteiger partial charge in [-0.1, -0.05) is 109 Å². The third kappa shape index (κ3) is 35.6. The maximum absolute atomic E-state index is 8.59. The van der Waals surface area contributed by atoms with Crippen LogP contribution in [0.4, 0.5) is 0 Å². The summed E-state index contributed by atoms with van der Waals surface area (Å²) in [5, 5.41) is 34.3. The Balaban J connectivity index is 0. The van der Waals surface area contributed by atoms with Crippen LogP contribution in [0.1, 0.15) is 135 Å². The molecule has 0 saturated heterocycles. The molecule has 0 atom stereocenters. The van der Waals surface area contributed by atoms with E-state index in [9.17, 15) is 0 Å². The van der Waals surface area contributed by atoms with Crippen molar-refractivity contribution < 1.29 is 20.4 Å². The SMILES string of the molecule is OCCCCCCCCCCCCCO.OCCCCCCCCCCCCO. The Bertz CT molecular complexity index is 225. The fraction of sp³-hybridized carbons (Fsp3) is 1.00. The lowest BCUT2D eigenvalue weighted by molar-refractivity contribution is 0.281. The summed E-state index contributed by atoms with van der Waals surface area (Å²) in [5.41, 5.74) is 0. The molecular formula is C25H54O4. The molecule has 0 aromatic heterocycles. The molecule has 0 heterocycles. The molecule has 178 valence electrons. The highest BCUT2D eigenvalue weighted by atomic mass is 16.3. The van der Waals surface area contributed by atoms with Crippen LogP contribution in [-0.4, -0.2) is 46.9 Å². The lowest BCUT2D eigenvalue weighted by Crippen LogP contribution is -1.85. The Morgan fingerprint density at radius 1 is 0.172 bits per heavy atom. The molecule has 0 saturated carbocycles. The van der Waals surface area contributed by atoms with E-state index in [0.717, 1.165) is 25.7 Å². The van der Waals surface area contributed by atoms with Gasteiger partial charge in [-0.2, -0.15) is 0 Å². The van der Waals surface area contributed by atoms with Crippen LogP contribution in [0.3, 0.4) is 0 Å². The van der Waals surface area contributed by atoms with Crippen molar-refractivity contribution >= 4 is 0 Å². The number of rotatable bonds is 23. The molecule has 0 radical (unpaired) electrons. The van der Waals surface area contributed by atoms with E-state index < -0.39 is 0 Å². The van der Waals surface area contributed by atoms with E-state index in [1.165, 1.54) is 109 Å². The first-order valence-corrected chi connectivity index (χ1v) is 12.8. The lowest BCUT2D eigenvalue weighted by Gasteiger charge is -2.01. The number of hydrogen-bond donors (Lipinski definition) is 4. The van der Waals surface area contributed by atoms with Gasteiger partial charge in [-0.15, -0.1) is 0 Å². The molecule has 4 heteroatoms. The average Bonchev–Trinajstić information content (AvgIpc) is 2.74. The van der Waals surface area contributed by atoms with E-state index in [1.807, 2.05) is 0 Å². The first-order chi connectivity index (χ1) is 14.3. The van der Waals surface area contributed by atoms with Gasteiger partial charge in [0.2, 0.25) is 0 Å². The summed E-state index contributed by atoms with van der Waals surface area (Å²) in [6, 6.07) is 0. The van der Waals surface area contributed by atoms with Gasteiger partial charge >= 0.3 is 0 Å². The highest BCUT2D eigenvalue weighted by Crippen LogP contribution is 2.11. The Hall–Kier alpha value is -0.160. The summed E-state index contributed by atoms with van der Waals surface area (Å²) in [6.45, 7) is 1.40. The van der Waals surface area contributed by atoms with Crippen molar-refractivity contribution in [2.45, 2.75) is 135 Å². The number of hydrogen-bond acceptors (Lipinski definition) is 4. The monoisotopic (exact) mass is 418 g/mol. The Labute approximate surface area is 182 Å². The van der Waals surface area contributed by atoms with Crippen molar-refractivity contribution in [3.63, 3.8) is 0 Å². The van der Waals surface area contributed by atoms with Gasteiger partial charge in [-0.05, 0) is 25.7 Å². The van der Waals surface area contributed by atoms with E-state index in [-0.39, 0.29) is 0 Å². The fourth-order valence-electron chi connectivity index (χ4n) is 3.45. The second-order valence-corrected chi connectivity index (χ2v) is 8.32. The van der Waals surface area contributed by atoms with Crippen LogP contribution in [0.2, 0.25) is 0 Å². The zero-order valence-corrected chi connectivity index (χ0v) is 19.5. The molecule has 0 bridgehead atoms. The van der Waals surface area contributed by atoms with Crippen molar-refractivity contribution in [1.82, 2.24) is 0 Å². The van der Waals surface area contributed by atoms with Crippen molar-refractivity contribution in [3.05, 3.63) is 0 Å². The molecule has 0 aliphatic rings. The van der Waals surface area contributed by atoms with Crippen molar-refractivity contribution in [3.8, 4) is 0 Å². The number of unbranched alkanes of at least 4 members (excludes halogenated alkanes) is 19. The van der Waals surface area contributed by atoms with Crippen LogP contribution in [0.15, 0.2) is 0 Å². The topological polar surface area (TPSA) is 80.9 Å². The summed E-state index contributed by atoms with van der Waals surface area (Å²) in [7, 11) is 0. The van der Waals surface area contributed by atoms with Crippen molar-refractivity contribution in [2.24, 2.45) is 0 Å². The highest BCUT2D eigenvalue weighted by Gasteiger charge is 1.93. The Morgan fingerprint density at radius 2 is 0.276 bits per heavy atom. The highest BCUT2D eigenvalue weighted by molar-refractivity contribution is 4.48. The van der Waals surface area contributed by atoms with Gasteiger partial charge in [0.05, 0.1) is 0 Å². The third-order valence-electron chi connectivity index (χ3n) is 5.38. The van der Waals surface area contributed by atoms with Gasteiger partial charge in [0.15, 0.2) is 0 Å². The van der Waals surface area contributed by atoms with E-state index in [1.54, 1.807) is 0 Å². The van der Waals surface area contributed by atoms with Gasteiger partial charge in [-0.25, -0.2) is 0 Å². The fourth-order valence-corrected chi connectivity index (χ4v) is 3.45. The molecule has 0 aromatic carbocycles. The molecule has 4 nitrogen and oxygen atoms in total. The smallest absolute Gasteiger partial charge is 0.0431 e. The molecule has 0 fully saturated rings. The molecule has 0 aliphatic carbocycles. The van der Waals surface area contributed by atoms with Crippen LogP contribution in [0, 0.1) is 0 Å². The molecule has 0 aromatic rings. The minimum Gasteiger partial charge on any atom is -0.396 e. The number of aliphatic hydroxyl groups is 4. The van der Waals surface area contributed by atoms with Crippen LogP contribution >= 0.6 is 0 Å². The lowest BCUT2D eigenvalue weighted by atomic mass is 10.1. The summed E-state index contributed by atoms with van der Waals surface area (Å²) >= 11 is 0. The number of aliphatic hydroxyl groups excluding tert-OH is 4. The van der Waals surface area contributed by atoms with Crippen LogP contribution in [0.25, 0.3) is 0 Å². The summed E-state index contributed by atoms with van der Waals surface area (Å²) < 4.78 is 0. The van der Waals surface area contributed by atoms with E-state index >= 15 is 0 Å². The zero-order chi connectivity index (χ0) is 21.7. The minimum absolute atomic E-state index is 0.348. The second-order valence-electron chi connectivity index (χ2n) is 8.32. The van der Waals surface area contributed by atoms with Crippen LogP contribution in [0.5, 0.6) is 0 Å². The molecule has 0 amide bonds. The maximum Gasteiger partial charge on any atom is 0.0431 e. The molecule has 4 N–H and O–H groups in total. The minimum atomic E-state index is 0.348. The van der Waals surface area contributed by atoms with Gasteiger partial charge in [0, 0.05) is 26.4 Å².